The lowest BCUT2D eigenvalue weighted by Gasteiger charge is -2.21. The zero-order valence-electron chi connectivity index (χ0n) is 16.2. The number of H-pyrrole nitrogens is 1. The molecule has 0 aliphatic heterocycles. The van der Waals surface area contributed by atoms with Crippen LogP contribution in [0.4, 0.5) is 0 Å². The van der Waals surface area contributed by atoms with Gasteiger partial charge >= 0.3 is 11.9 Å². The van der Waals surface area contributed by atoms with E-state index < -0.39 is 18.0 Å². The van der Waals surface area contributed by atoms with Crippen LogP contribution in [0.25, 0.3) is 0 Å². The van der Waals surface area contributed by atoms with Gasteiger partial charge in [-0.25, -0.2) is 9.59 Å². The van der Waals surface area contributed by atoms with Gasteiger partial charge in [0.15, 0.2) is 0 Å². The van der Waals surface area contributed by atoms with Gasteiger partial charge in [0.1, 0.15) is 5.69 Å². The van der Waals surface area contributed by atoms with Crippen molar-refractivity contribution in [3.8, 4) is 0 Å². The van der Waals surface area contributed by atoms with Crippen molar-refractivity contribution in [3.63, 3.8) is 0 Å². The van der Waals surface area contributed by atoms with Crippen LogP contribution in [-0.4, -0.2) is 48.4 Å². The molecule has 0 bridgehead atoms. The number of carbonyl (C=O) groups is 3. The second-order valence-corrected chi connectivity index (χ2v) is 6.27. The molecule has 27 heavy (non-hydrogen) atoms. The summed E-state index contributed by atoms with van der Waals surface area (Å²) >= 11 is 0. The van der Waals surface area contributed by atoms with Crippen molar-refractivity contribution in [1.82, 2.24) is 9.88 Å². The van der Waals surface area contributed by atoms with E-state index in [-0.39, 0.29) is 18.2 Å². The molecule has 1 N–H and O–H groups in total. The topological polar surface area (TPSA) is 88.7 Å². The van der Waals surface area contributed by atoms with Crippen LogP contribution in [0.5, 0.6) is 0 Å². The number of nitrogens with one attached hydrogen (secondary N) is 1. The fourth-order valence-corrected chi connectivity index (χ4v) is 2.75. The molecule has 0 radical (unpaired) electrons. The zero-order chi connectivity index (χ0) is 20.1. The van der Waals surface area contributed by atoms with E-state index in [1.165, 1.54) is 4.90 Å². The number of ether oxygens (including phenoxy) is 2. The fraction of sp³-hybridized carbons (Fsp3) is 0.350. The van der Waals surface area contributed by atoms with Crippen LogP contribution in [0.1, 0.15) is 50.7 Å². The Bertz CT molecular complexity index is 840. The van der Waals surface area contributed by atoms with Crippen LogP contribution in [0.3, 0.4) is 0 Å². The maximum atomic E-state index is 12.7. The fourth-order valence-electron chi connectivity index (χ4n) is 2.75. The molecule has 7 nitrogen and oxygen atoms in total. The van der Waals surface area contributed by atoms with Gasteiger partial charge in [-0.15, -0.1) is 0 Å². The van der Waals surface area contributed by atoms with E-state index in [0.717, 1.165) is 0 Å². The van der Waals surface area contributed by atoms with E-state index in [4.69, 9.17) is 9.47 Å². The number of esters is 2. The molecule has 2 aromatic rings. The molecule has 0 aliphatic carbocycles. The third-order valence-corrected chi connectivity index (χ3v) is 4.11. The van der Waals surface area contributed by atoms with E-state index in [0.29, 0.717) is 22.4 Å². The number of aryl methyl sites for hydroxylation is 1. The lowest BCUT2D eigenvalue weighted by atomic mass is 10.1. The first-order chi connectivity index (χ1) is 12.8. The molecule has 7 heteroatoms. The molecular weight excluding hydrogens is 348 g/mol. The van der Waals surface area contributed by atoms with Gasteiger partial charge in [-0.05, 0) is 26.3 Å². The van der Waals surface area contributed by atoms with Gasteiger partial charge in [-0.3, -0.25) is 4.79 Å². The summed E-state index contributed by atoms with van der Waals surface area (Å²) in [5.74, 6) is -1.58. The first-order valence-corrected chi connectivity index (χ1v) is 8.61. The molecule has 1 aromatic heterocycles. The number of carbonyl (C=O) groups excluding carboxylic acids is 3. The monoisotopic (exact) mass is 372 g/mol. The Morgan fingerprint density at radius 1 is 1.07 bits per heavy atom. The molecule has 0 aliphatic rings. The number of hydrogen-bond acceptors (Lipinski definition) is 5. The normalized spacial score (nSPS) is 11.6. The molecule has 0 spiro atoms. The Morgan fingerprint density at radius 2 is 1.70 bits per heavy atom. The number of aromatic nitrogens is 1. The molecule has 0 unspecified atom stereocenters. The van der Waals surface area contributed by atoms with Gasteiger partial charge in [-0.2, -0.15) is 0 Å². The lowest BCUT2D eigenvalue weighted by Crippen LogP contribution is -2.31. The van der Waals surface area contributed by atoms with E-state index in [2.05, 4.69) is 4.98 Å². The van der Waals surface area contributed by atoms with Crippen molar-refractivity contribution in [2.24, 2.45) is 0 Å². The Labute approximate surface area is 158 Å². The first kappa shape index (κ1) is 20.2. The summed E-state index contributed by atoms with van der Waals surface area (Å²) in [6.45, 7) is 5.26. The van der Waals surface area contributed by atoms with Crippen molar-refractivity contribution in [2.45, 2.75) is 26.9 Å². The molecule has 0 saturated heterocycles. The largest absolute Gasteiger partial charge is 0.462 e. The van der Waals surface area contributed by atoms with Crippen molar-refractivity contribution in [2.75, 3.05) is 20.7 Å². The zero-order valence-corrected chi connectivity index (χ0v) is 16.2. The standard InChI is InChI=1S/C20H24N2O5/c1-6-26-19(24)15-12(2)16(21-13(15)3)20(25)27-17(18(23)22(4)5)14-10-8-7-9-11-14/h7-11,17,21H,6H2,1-5H3/t17-/m0/s1. The Balaban J connectivity index is 2.35. The van der Waals surface area contributed by atoms with Crippen molar-refractivity contribution in [3.05, 3.63) is 58.4 Å². The highest BCUT2D eigenvalue weighted by atomic mass is 16.5. The molecule has 1 heterocycles. The number of benzene rings is 1. The Hall–Kier alpha value is -3.09. The van der Waals surface area contributed by atoms with E-state index in [1.54, 1.807) is 59.1 Å². The van der Waals surface area contributed by atoms with E-state index in [9.17, 15) is 14.4 Å². The van der Waals surface area contributed by atoms with Gasteiger partial charge in [0.05, 0.1) is 12.2 Å². The van der Waals surface area contributed by atoms with Crippen LogP contribution in [0.15, 0.2) is 30.3 Å². The maximum absolute atomic E-state index is 12.7. The van der Waals surface area contributed by atoms with Crippen LogP contribution in [-0.2, 0) is 14.3 Å². The molecule has 1 atom stereocenters. The summed E-state index contributed by atoms with van der Waals surface area (Å²) in [5, 5.41) is 0. The minimum absolute atomic E-state index is 0.128. The number of aromatic amines is 1. The molecule has 0 saturated carbocycles. The summed E-state index contributed by atoms with van der Waals surface area (Å²) in [6.07, 6.45) is -1.08. The molecule has 144 valence electrons. The van der Waals surface area contributed by atoms with Crippen molar-refractivity contribution < 1.29 is 23.9 Å². The Morgan fingerprint density at radius 3 is 2.26 bits per heavy atom. The predicted octanol–water partition coefficient (Wildman–Crippen LogP) is 2.79. The second-order valence-electron chi connectivity index (χ2n) is 6.27. The van der Waals surface area contributed by atoms with Gasteiger partial charge < -0.3 is 19.4 Å². The van der Waals surface area contributed by atoms with Gasteiger partial charge in [0.2, 0.25) is 6.10 Å². The minimum Gasteiger partial charge on any atom is -0.462 e. The van der Waals surface area contributed by atoms with Gasteiger partial charge in [0.25, 0.3) is 5.91 Å². The van der Waals surface area contributed by atoms with Crippen molar-refractivity contribution >= 4 is 17.8 Å². The number of rotatable bonds is 6. The van der Waals surface area contributed by atoms with Crippen LogP contribution < -0.4 is 0 Å². The van der Waals surface area contributed by atoms with E-state index >= 15 is 0 Å². The quantitative estimate of drug-likeness (QED) is 0.788. The third kappa shape index (κ3) is 4.36. The number of amides is 1. The summed E-state index contributed by atoms with van der Waals surface area (Å²) in [6, 6.07) is 8.78. The summed E-state index contributed by atoms with van der Waals surface area (Å²) in [5.41, 5.74) is 1.94. The lowest BCUT2D eigenvalue weighted by molar-refractivity contribution is -0.138. The second kappa shape index (κ2) is 8.53. The third-order valence-electron chi connectivity index (χ3n) is 4.11. The van der Waals surface area contributed by atoms with Crippen LogP contribution >= 0.6 is 0 Å². The number of likely N-dealkylation sites (N-methyl/N-ethyl adjacent to an activating group) is 1. The van der Waals surface area contributed by atoms with Crippen LogP contribution in [0.2, 0.25) is 0 Å². The maximum Gasteiger partial charge on any atom is 0.356 e. The minimum atomic E-state index is -1.08. The highest BCUT2D eigenvalue weighted by Crippen LogP contribution is 2.24. The molecule has 1 aromatic carbocycles. The molecule has 2 rings (SSSR count). The predicted molar refractivity (Wildman–Crippen MR) is 99.5 cm³/mol. The molecular formula is C20H24N2O5. The average molecular weight is 372 g/mol. The average Bonchev–Trinajstić information content (AvgIpc) is 2.94. The molecule has 0 fully saturated rings. The number of hydrogen-bond donors (Lipinski definition) is 1. The smallest absolute Gasteiger partial charge is 0.356 e. The van der Waals surface area contributed by atoms with Gasteiger partial charge in [-0.1, -0.05) is 30.3 Å². The first-order valence-electron chi connectivity index (χ1n) is 8.61. The highest BCUT2D eigenvalue weighted by Gasteiger charge is 2.30. The van der Waals surface area contributed by atoms with Gasteiger partial charge in [0, 0.05) is 25.4 Å². The molecule has 1 amide bonds. The highest BCUT2D eigenvalue weighted by molar-refractivity contribution is 5.99. The van der Waals surface area contributed by atoms with Crippen molar-refractivity contribution in [1.29, 1.82) is 0 Å². The van der Waals surface area contributed by atoms with Crippen LogP contribution in [0, 0.1) is 13.8 Å². The Kier molecular flexibility index (Phi) is 6.39. The summed E-state index contributed by atoms with van der Waals surface area (Å²) in [7, 11) is 3.18. The van der Waals surface area contributed by atoms with E-state index in [1.807, 2.05) is 6.07 Å². The SMILES string of the molecule is CCOC(=O)c1c(C)[nH]c(C(=O)O[C@H](C(=O)N(C)C)c2ccccc2)c1C. The number of nitrogens with zero attached hydrogens (tertiary/aromatic N) is 1. The summed E-state index contributed by atoms with van der Waals surface area (Å²) < 4.78 is 10.6. The summed E-state index contributed by atoms with van der Waals surface area (Å²) in [4.78, 5) is 41.6.